The number of nitrogens with one attached hydrogen (secondary N) is 3. The van der Waals surface area contributed by atoms with E-state index in [0.717, 1.165) is 34.1 Å². The lowest BCUT2D eigenvalue weighted by molar-refractivity contribution is -0.131. The van der Waals surface area contributed by atoms with E-state index in [1.54, 1.807) is 18.2 Å². The number of benzene rings is 2. The maximum absolute atomic E-state index is 11.8. The van der Waals surface area contributed by atoms with Crippen molar-refractivity contribution in [1.82, 2.24) is 15.0 Å². The van der Waals surface area contributed by atoms with Crippen LogP contribution in [0.3, 0.4) is 0 Å². The lowest BCUT2D eigenvalue weighted by Gasteiger charge is -2.10. The Bertz CT molecular complexity index is 1230. The molecule has 4 aromatic rings. The number of nitrogens with zero attached hydrogens (tertiary/aromatic N) is 2. The Morgan fingerprint density at radius 3 is 2.71 bits per heavy atom. The summed E-state index contributed by atoms with van der Waals surface area (Å²) < 4.78 is 0. The SMILES string of the molecule is O=C(O)/C=C/C(=O)Nc1ccc2ncnc(Nc3ccc4[nH]ccc4c3)c2c1. The molecule has 8 heteroatoms. The molecule has 2 aromatic carbocycles. The Balaban J connectivity index is 1.64. The van der Waals surface area contributed by atoms with E-state index in [0.29, 0.717) is 17.0 Å². The lowest BCUT2D eigenvalue weighted by atomic mass is 10.2. The molecular formula is C20H15N5O3. The number of anilines is 3. The highest BCUT2D eigenvalue weighted by molar-refractivity contribution is 6.04. The third-order valence-electron chi connectivity index (χ3n) is 4.10. The summed E-state index contributed by atoms with van der Waals surface area (Å²) in [5.74, 6) is -1.13. The Kier molecular flexibility index (Phi) is 4.43. The van der Waals surface area contributed by atoms with Gasteiger partial charge in [-0.2, -0.15) is 0 Å². The highest BCUT2D eigenvalue weighted by atomic mass is 16.4. The Morgan fingerprint density at radius 1 is 1.00 bits per heavy atom. The van der Waals surface area contributed by atoms with Crippen LogP contribution >= 0.6 is 0 Å². The summed E-state index contributed by atoms with van der Waals surface area (Å²) in [4.78, 5) is 34.0. The van der Waals surface area contributed by atoms with Gasteiger partial charge in [0.15, 0.2) is 0 Å². The molecule has 4 rings (SSSR count). The largest absolute Gasteiger partial charge is 0.478 e. The van der Waals surface area contributed by atoms with Gasteiger partial charge in [0.1, 0.15) is 12.1 Å². The van der Waals surface area contributed by atoms with Crippen molar-refractivity contribution < 1.29 is 14.7 Å². The number of carbonyl (C=O) groups excluding carboxylic acids is 1. The van der Waals surface area contributed by atoms with Crippen LogP contribution in [0.4, 0.5) is 17.2 Å². The zero-order chi connectivity index (χ0) is 19.5. The van der Waals surface area contributed by atoms with Crippen molar-refractivity contribution in [3.05, 3.63) is 67.1 Å². The van der Waals surface area contributed by atoms with Gasteiger partial charge in [0.05, 0.1) is 5.52 Å². The van der Waals surface area contributed by atoms with Crippen molar-refractivity contribution in [1.29, 1.82) is 0 Å². The molecule has 0 aliphatic heterocycles. The standard InChI is InChI=1S/C20H15N5O3/c26-18(5-6-19(27)28)24-14-2-4-17-15(10-14)20(23-11-22-17)25-13-1-3-16-12(9-13)7-8-21-16/h1-11,21H,(H,24,26)(H,27,28)(H,22,23,25)/b6-5+. The molecule has 0 aliphatic rings. The van der Waals surface area contributed by atoms with Crippen molar-refractivity contribution in [2.45, 2.75) is 0 Å². The van der Waals surface area contributed by atoms with Gasteiger partial charge in [0.25, 0.3) is 0 Å². The highest BCUT2D eigenvalue weighted by Crippen LogP contribution is 2.27. The quantitative estimate of drug-likeness (QED) is 0.398. The summed E-state index contributed by atoms with van der Waals surface area (Å²) in [5, 5.41) is 16.3. The third kappa shape index (κ3) is 3.65. The van der Waals surface area contributed by atoms with E-state index in [-0.39, 0.29) is 0 Å². The summed E-state index contributed by atoms with van der Waals surface area (Å²) in [6, 6.07) is 13.1. The van der Waals surface area contributed by atoms with E-state index in [4.69, 9.17) is 5.11 Å². The van der Waals surface area contributed by atoms with E-state index in [2.05, 4.69) is 25.6 Å². The molecule has 1 amide bonds. The molecule has 0 spiro atoms. The van der Waals surface area contributed by atoms with E-state index in [1.807, 2.05) is 30.5 Å². The molecule has 0 fully saturated rings. The Labute approximate surface area is 158 Å². The van der Waals surface area contributed by atoms with Crippen LogP contribution in [0.1, 0.15) is 0 Å². The number of hydrogen-bond donors (Lipinski definition) is 4. The fourth-order valence-electron chi connectivity index (χ4n) is 2.83. The van der Waals surface area contributed by atoms with Crippen LogP contribution in [0, 0.1) is 0 Å². The van der Waals surface area contributed by atoms with Crippen molar-refractivity contribution in [2.24, 2.45) is 0 Å². The van der Waals surface area contributed by atoms with Gasteiger partial charge < -0.3 is 20.7 Å². The molecule has 0 bridgehead atoms. The van der Waals surface area contributed by atoms with Crippen LogP contribution in [0.5, 0.6) is 0 Å². The van der Waals surface area contributed by atoms with Crippen molar-refractivity contribution in [3.8, 4) is 0 Å². The number of fused-ring (bicyclic) bond motifs is 2. The zero-order valence-electron chi connectivity index (χ0n) is 14.5. The molecule has 2 aromatic heterocycles. The van der Waals surface area contributed by atoms with Gasteiger partial charge in [-0.15, -0.1) is 0 Å². The Morgan fingerprint density at radius 2 is 1.86 bits per heavy atom. The number of aliphatic carboxylic acids is 1. The third-order valence-corrected chi connectivity index (χ3v) is 4.10. The van der Waals surface area contributed by atoms with Gasteiger partial charge in [-0.3, -0.25) is 4.79 Å². The van der Waals surface area contributed by atoms with E-state index in [1.165, 1.54) is 6.33 Å². The van der Waals surface area contributed by atoms with E-state index < -0.39 is 11.9 Å². The number of aromatic amines is 1. The van der Waals surface area contributed by atoms with Crippen LogP contribution in [0.25, 0.3) is 21.8 Å². The van der Waals surface area contributed by atoms with Gasteiger partial charge in [0.2, 0.25) is 5.91 Å². The van der Waals surface area contributed by atoms with Gasteiger partial charge in [0, 0.05) is 46.0 Å². The molecule has 0 unspecified atom stereocenters. The second-order valence-electron chi connectivity index (χ2n) is 6.02. The second-order valence-corrected chi connectivity index (χ2v) is 6.02. The van der Waals surface area contributed by atoms with Crippen molar-refractivity contribution in [3.63, 3.8) is 0 Å². The number of carboxylic acid groups (broad SMARTS) is 1. The second kappa shape index (κ2) is 7.20. The summed E-state index contributed by atoms with van der Waals surface area (Å²) in [6.45, 7) is 0. The maximum Gasteiger partial charge on any atom is 0.328 e. The van der Waals surface area contributed by atoms with E-state index in [9.17, 15) is 9.59 Å². The smallest absolute Gasteiger partial charge is 0.328 e. The molecular weight excluding hydrogens is 358 g/mol. The molecule has 0 radical (unpaired) electrons. The predicted molar refractivity (Wildman–Crippen MR) is 107 cm³/mol. The molecule has 0 atom stereocenters. The summed E-state index contributed by atoms with van der Waals surface area (Å²) >= 11 is 0. The average Bonchev–Trinajstić information content (AvgIpc) is 3.15. The highest BCUT2D eigenvalue weighted by Gasteiger charge is 2.07. The fraction of sp³-hybridized carbons (Fsp3) is 0. The maximum atomic E-state index is 11.8. The number of H-pyrrole nitrogens is 1. The molecule has 28 heavy (non-hydrogen) atoms. The predicted octanol–water partition coefficient (Wildman–Crippen LogP) is 3.43. The molecule has 2 heterocycles. The van der Waals surface area contributed by atoms with Crippen LogP contribution in [-0.2, 0) is 9.59 Å². The topological polar surface area (TPSA) is 120 Å². The van der Waals surface area contributed by atoms with Gasteiger partial charge in [-0.1, -0.05) is 0 Å². The normalized spacial score (nSPS) is 11.1. The number of rotatable bonds is 5. The molecule has 4 N–H and O–H groups in total. The van der Waals surface area contributed by atoms with Crippen molar-refractivity contribution >= 4 is 50.9 Å². The molecule has 0 saturated carbocycles. The summed E-state index contributed by atoms with van der Waals surface area (Å²) in [5.41, 5.74) is 3.12. The summed E-state index contributed by atoms with van der Waals surface area (Å²) in [7, 11) is 0. The number of carbonyl (C=O) groups is 2. The van der Waals surface area contributed by atoms with Gasteiger partial charge in [-0.05, 0) is 42.5 Å². The number of aromatic nitrogens is 3. The van der Waals surface area contributed by atoms with Crippen LogP contribution in [0.2, 0.25) is 0 Å². The first-order chi connectivity index (χ1) is 13.6. The zero-order valence-corrected chi connectivity index (χ0v) is 14.5. The number of hydrogen-bond acceptors (Lipinski definition) is 5. The molecule has 0 saturated heterocycles. The first-order valence-corrected chi connectivity index (χ1v) is 8.39. The van der Waals surface area contributed by atoms with Crippen LogP contribution in [-0.4, -0.2) is 31.9 Å². The minimum absolute atomic E-state index is 0.506. The Hall–Kier alpha value is -4.20. The fourth-order valence-corrected chi connectivity index (χ4v) is 2.83. The first kappa shape index (κ1) is 17.2. The monoisotopic (exact) mass is 373 g/mol. The minimum Gasteiger partial charge on any atom is -0.478 e. The van der Waals surface area contributed by atoms with Crippen LogP contribution < -0.4 is 10.6 Å². The molecule has 138 valence electrons. The van der Waals surface area contributed by atoms with Gasteiger partial charge >= 0.3 is 5.97 Å². The number of carboxylic acids is 1. The molecule has 8 nitrogen and oxygen atoms in total. The average molecular weight is 373 g/mol. The minimum atomic E-state index is -1.19. The summed E-state index contributed by atoms with van der Waals surface area (Å²) in [6.07, 6.45) is 5.08. The number of amides is 1. The lowest BCUT2D eigenvalue weighted by Crippen LogP contribution is -2.08. The molecule has 0 aliphatic carbocycles. The van der Waals surface area contributed by atoms with E-state index >= 15 is 0 Å². The van der Waals surface area contributed by atoms with Crippen molar-refractivity contribution in [2.75, 3.05) is 10.6 Å². The van der Waals surface area contributed by atoms with Gasteiger partial charge in [-0.25, -0.2) is 14.8 Å². The van der Waals surface area contributed by atoms with Crippen LogP contribution in [0.15, 0.2) is 67.1 Å². The first-order valence-electron chi connectivity index (χ1n) is 8.39.